The first kappa shape index (κ1) is 50.5. The number of amides is 2. The summed E-state index contributed by atoms with van der Waals surface area (Å²) in [6, 6.07) is 17.5. The third kappa shape index (κ3) is 15.0. The number of aliphatic carboxylic acids is 2. The highest BCUT2D eigenvalue weighted by atomic mass is 19.4. The molecule has 13 nitrogen and oxygen atoms in total. The smallest absolute Gasteiger partial charge is 0.389 e. The van der Waals surface area contributed by atoms with Crippen LogP contribution in [-0.2, 0) is 35.1 Å². The van der Waals surface area contributed by atoms with Gasteiger partial charge in [-0.05, 0) is 123 Å². The van der Waals surface area contributed by atoms with Gasteiger partial charge in [-0.3, -0.25) is 19.2 Å². The van der Waals surface area contributed by atoms with Gasteiger partial charge in [0.25, 0.3) is 0 Å². The molecule has 4 atom stereocenters. The van der Waals surface area contributed by atoms with Crippen molar-refractivity contribution in [2.75, 3.05) is 18.5 Å². The molecular weight excluding hydrogens is 838 g/mol. The summed E-state index contributed by atoms with van der Waals surface area (Å²) in [7, 11) is 0. The Labute approximate surface area is 370 Å². The van der Waals surface area contributed by atoms with Gasteiger partial charge in [0.05, 0.1) is 30.6 Å². The lowest BCUT2D eigenvalue weighted by atomic mass is 9.82. The van der Waals surface area contributed by atoms with E-state index in [1.807, 2.05) is 19.1 Å². The fourth-order valence-corrected chi connectivity index (χ4v) is 7.67. The Morgan fingerprint density at radius 1 is 0.844 bits per heavy atom. The van der Waals surface area contributed by atoms with Crippen molar-refractivity contribution < 1.29 is 66.4 Å². The van der Waals surface area contributed by atoms with Gasteiger partial charge in [-0.1, -0.05) is 45.0 Å². The highest BCUT2D eigenvalue weighted by molar-refractivity contribution is 5.98. The lowest BCUT2D eigenvalue weighted by molar-refractivity contribution is -0.147. The minimum atomic E-state index is -4.26. The summed E-state index contributed by atoms with van der Waals surface area (Å²) in [5.41, 5.74) is 2.10. The Bertz CT molecular complexity index is 2130. The normalized spacial score (nSPS) is 17.5. The van der Waals surface area contributed by atoms with Crippen LogP contribution in [0.1, 0.15) is 113 Å². The van der Waals surface area contributed by atoms with Gasteiger partial charge < -0.3 is 35.1 Å². The van der Waals surface area contributed by atoms with Crippen LogP contribution in [0, 0.1) is 23.7 Å². The van der Waals surface area contributed by atoms with Gasteiger partial charge in [0.1, 0.15) is 11.5 Å². The lowest BCUT2D eigenvalue weighted by Crippen LogP contribution is -2.47. The minimum Gasteiger partial charge on any atom is -0.494 e. The summed E-state index contributed by atoms with van der Waals surface area (Å²) >= 11 is 0. The molecule has 64 heavy (non-hydrogen) atoms. The molecule has 346 valence electrons. The van der Waals surface area contributed by atoms with E-state index >= 15 is 0 Å². The lowest BCUT2D eigenvalue weighted by Gasteiger charge is -2.29. The number of hydrogen-bond acceptors (Lipinski definition) is 9. The van der Waals surface area contributed by atoms with E-state index in [1.54, 1.807) is 32.0 Å². The Balaban J connectivity index is 1.40. The predicted octanol–water partition coefficient (Wildman–Crippen LogP) is 9.00. The van der Waals surface area contributed by atoms with Crippen LogP contribution < -0.4 is 20.1 Å². The van der Waals surface area contributed by atoms with Crippen LogP contribution in [0.5, 0.6) is 11.5 Å². The van der Waals surface area contributed by atoms with E-state index in [9.17, 15) is 52.2 Å². The molecule has 1 fully saturated rings. The van der Waals surface area contributed by atoms with Crippen LogP contribution in [0.4, 0.5) is 18.9 Å². The van der Waals surface area contributed by atoms with E-state index in [1.165, 1.54) is 48.6 Å². The number of carboxylic acids is 2. The number of rotatable bonds is 22. The quantitative estimate of drug-likeness (QED) is 0.0325. The Hall–Kier alpha value is -6.19. The Morgan fingerprint density at radius 2 is 1.50 bits per heavy atom. The standard InChI is InChI=1S/C48H57F3N2O11/c1-6-30(7-2)32-15-20-39(52-44(58)42-36(28-40(54)55)37(27-38(42)45(59)60)43(57)53-47(4,5)8-3)33(26-32)22-25-63-41(56)21-12-29-10-16-35(17-11-29)64-46(61)31-13-18-34(19-14-31)62-24-9-23-48(49,50)51/h10-21,26,30,36-38,42H,6-9,22-25,27-28H2,1-5H3,(H,52,58)(H,53,57)(H,54,55)(H,59,60)/b21-12+. The number of carbonyl (C=O) groups excluding carboxylic acids is 4. The summed E-state index contributed by atoms with van der Waals surface area (Å²) in [6.07, 6.45) is -1.04. The third-order valence-electron chi connectivity index (χ3n) is 11.6. The van der Waals surface area contributed by atoms with Crippen molar-refractivity contribution in [2.24, 2.45) is 23.7 Å². The second-order valence-electron chi connectivity index (χ2n) is 16.5. The minimum absolute atomic E-state index is 0.0866. The monoisotopic (exact) mass is 894 g/mol. The molecule has 0 heterocycles. The zero-order valence-corrected chi connectivity index (χ0v) is 36.7. The first-order valence-electron chi connectivity index (χ1n) is 21.4. The fourth-order valence-electron chi connectivity index (χ4n) is 7.67. The molecule has 1 aliphatic carbocycles. The number of hydrogen-bond donors (Lipinski definition) is 4. The molecule has 0 bridgehead atoms. The maximum absolute atomic E-state index is 14.1. The summed E-state index contributed by atoms with van der Waals surface area (Å²) in [6.45, 7) is 9.37. The zero-order chi connectivity index (χ0) is 47.2. The van der Waals surface area contributed by atoms with E-state index in [2.05, 4.69) is 24.5 Å². The molecule has 0 spiro atoms. The third-order valence-corrected chi connectivity index (χ3v) is 11.6. The van der Waals surface area contributed by atoms with Gasteiger partial charge in [-0.2, -0.15) is 13.2 Å². The van der Waals surface area contributed by atoms with Crippen LogP contribution in [0.25, 0.3) is 6.08 Å². The molecule has 1 aliphatic rings. The molecule has 0 aromatic heterocycles. The topological polar surface area (TPSA) is 195 Å². The highest BCUT2D eigenvalue weighted by Crippen LogP contribution is 2.45. The van der Waals surface area contributed by atoms with Crippen LogP contribution in [-0.4, -0.2) is 70.8 Å². The molecule has 0 saturated heterocycles. The van der Waals surface area contributed by atoms with E-state index in [4.69, 9.17) is 14.2 Å². The van der Waals surface area contributed by atoms with E-state index in [0.29, 0.717) is 29.0 Å². The van der Waals surface area contributed by atoms with Crippen molar-refractivity contribution in [1.82, 2.24) is 5.32 Å². The maximum atomic E-state index is 14.1. The van der Waals surface area contributed by atoms with Gasteiger partial charge in [-0.15, -0.1) is 0 Å². The summed E-state index contributed by atoms with van der Waals surface area (Å²) in [4.78, 5) is 77.5. The van der Waals surface area contributed by atoms with E-state index < -0.39 is 83.9 Å². The van der Waals surface area contributed by atoms with E-state index in [0.717, 1.165) is 18.4 Å². The average molecular weight is 895 g/mol. The van der Waals surface area contributed by atoms with Crippen molar-refractivity contribution in [3.8, 4) is 11.5 Å². The van der Waals surface area contributed by atoms with Gasteiger partial charge in [0.2, 0.25) is 11.8 Å². The van der Waals surface area contributed by atoms with Crippen LogP contribution in [0.2, 0.25) is 0 Å². The second kappa shape index (κ2) is 22.9. The van der Waals surface area contributed by atoms with Crippen LogP contribution in [0.15, 0.2) is 72.8 Å². The van der Waals surface area contributed by atoms with E-state index in [-0.39, 0.29) is 49.7 Å². The molecule has 0 aliphatic heterocycles. The molecular formula is C48H57F3N2O11. The number of alkyl halides is 3. The predicted molar refractivity (Wildman–Crippen MR) is 232 cm³/mol. The number of benzene rings is 3. The van der Waals surface area contributed by atoms with Crippen LogP contribution in [0.3, 0.4) is 0 Å². The summed E-state index contributed by atoms with van der Waals surface area (Å²) < 4.78 is 53.2. The van der Waals surface area contributed by atoms with Gasteiger partial charge in [-0.25, -0.2) is 9.59 Å². The highest BCUT2D eigenvalue weighted by Gasteiger charge is 2.53. The second-order valence-corrected chi connectivity index (χ2v) is 16.5. The average Bonchev–Trinajstić information content (AvgIpc) is 3.62. The first-order valence-corrected chi connectivity index (χ1v) is 21.4. The largest absolute Gasteiger partial charge is 0.494 e. The molecule has 3 aromatic carbocycles. The SMILES string of the molecule is CCC(CC)c1ccc(NC(=O)C2C(C(=O)O)CC(C(=O)NC(C)(C)CC)C2CC(=O)O)c(CCOC(=O)/C=C/c2ccc(OC(=O)c3ccc(OCCCC(F)(F)F)cc3)cc2)c1. The zero-order valence-electron chi connectivity index (χ0n) is 36.7. The van der Waals surface area contributed by atoms with Crippen molar-refractivity contribution in [1.29, 1.82) is 0 Å². The molecule has 4 unspecified atom stereocenters. The maximum Gasteiger partial charge on any atom is 0.389 e. The summed E-state index contributed by atoms with van der Waals surface area (Å²) in [5, 5.41) is 25.7. The van der Waals surface area contributed by atoms with Crippen molar-refractivity contribution in [2.45, 2.75) is 104 Å². The number of halogens is 3. The number of esters is 2. The number of carboxylic acid groups (broad SMARTS) is 2. The van der Waals surface area contributed by atoms with Gasteiger partial charge in [0, 0.05) is 42.5 Å². The van der Waals surface area contributed by atoms with Gasteiger partial charge >= 0.3 is 30.1 Å². The molecule has 4 N–H and O–H groups in total. The molecule has 16 heteroatoms. The number of nitrogens with one attached hydrogen (secondary N) is 2. The van der Waals surface area contributed by atoms with Crippen molar-refractivity contribution >= 4 is 47.5 Å². The molecule has 0 radical (unpaired) electrons. The van der Waals surface area contributed by atoms with Crippen molar-refractivity contribution in [3.63, 3.8) is 0 Å². The van der Waals surface area contributed by atoms with Crippen LogP contribution >= 0.6 is 0 Å². The first-order chi connectivity index (χ1) is 30.2. The number of carbonyl (C=O) groups is 6. The summed E-state index contributed by atoms with van der Waals surface area (Å²) in [5.74, 6) is -9.11. The molecule has 4 rings (SSSR count). The molecule has 3 aromatic rings. The molecule has 1 saturated carbocycles. The number of anilines is 1. The van der Waals surface area contributed by atoms with Gasteiger partial charge in [0.15, 0.2) is 0 Å². The molecule has 2 amide bonds. The Morgan fingerprint density at radius 3 is 2.09 bits per heavy atom. The Kier molecular flexibility index (Phi) is 18.1. The number of ether oxygens (including phenoxy) is 3. The van der Waals surface area contributed by atoms with Crippen molar-refractivity contribution in [3.05, 3.63) is 95.1 Å². The fraction of sp³-hybridized carbons (Fsp3) is 0.458.